The molecule has 1 saturated heterocycles. The summed E-state index contributed by atoms with van der Waals surface area (Å²) in [6.07, 6.45) is 9.22. The number of hydrogen-bond donors (Lipinski definition) is 1. The van der Waals surface area contributed by atoms with Gasteiger partial charge in [-0.15, -0.1) is 24.8 Å². The maximum Gasteiger partial charge on any atom is 0.226 e. The molecule has 2 saturated carbocycles. The Hall–Kier alpha value is -0.0300. The number of halogens is 2. The van der Waals surface area contributed by atoms with Crippen molar-refractivity contribution >= 4 is 30.7 Å². The molecule has 1 amide bonds. The first-order valence-corrected chi connectivity index (χ1v) is 8.36. The van der Waals surface area contributed by atoms with E-state index in [-0.39, 0.29) is 42.3 Å². The van der Waals surface area contributed by atoms with Crippen molar-refractivity contribution in [1.82, 2.24) is 9.80 Å². The van der Waals surface area contributed by atoms with Crippen molar-refractivity contribution < 1.29 is 4.79 Å². The molecule has 2 atom stereocenters. The molecule has 22 heavy (non-hydrogen) atoms. The molecule has 2 unspecified atom stereocenters. The Bertz CT molecular complexity index is 374. The number of nitrogens with zero attached hydrogens (tertiary/aromatic N) is 2. The van der Waals surface area contributed by atoms with Crippen molar-refractivity contribution in [1.29, 1.82) is 0 Å². The van der Waals surface area contributed by atoms with E-state index in [1.165, 1.54) is 32.1 Å². The van der Waals surface area contributed by atoms with Gasteiger partial charge in [-0.05, 0) is 39.2 Å². The number of piperazine rings is 1. The maximum absolute atomic E-state index is 13.0. The summed E-state index contributed by atoms with van der Waals surface area (Å²) in [5.74, 6) is 0.611. The molecule has 3 aliphatic rings. The van der Waals surface area contributed by atoms with Gasteiger partial charge >= 0.3 is 0 Å². The predicted octanol–water partition coefficient (Wildman–Crippen LogP) is 2.43. The largest absolute Gasteiger partial charge is 0.334 e. The van der Waals surface area contributed by atoms with Crippen molar-refractivity contribution in [2.24, 2.45) is 11.7 Å². The highest BCUT2D eigenvalue weighted by atomic mass is 35.5. The lowest BCUT2D eigenvalue weighted by Gasteiger charge is -2.53. The average molecular weight is 352 g/mol. The highest BCUT2D eigenvalue weighted by Crippen LogP contribution is 2.38. The van der Waals surface area contributed by atoms with E-state index in [9.17, 15) is 4.79 Å². The number of likely N-dealkylation sites (N-methyl/N-ethyl adjacent to an activating group) is 1. The fourth-order valence-corrected chi connectivity index (χ4v) is 4.62. The smallest absolute Gasteiger partial charge is 0.226 e. The quantitative estimate of drug-likeness (QED) is 0.789. The molecular formula is C16H31Cl2N3O. The maximum atomic E-state index is 13.0. The number of hydrogen-bond acceptors (Lipinski definition) is 3. The van der Waals surface area contributed by atoms with Gasteiger partial charge in [0.2, 0.25) is 5.91 Å². The molecule has 1 spiro atoms. The van der Waals surface area contributed by atoms with Crippen molar-refractivity contribution in [2.75, 3.05) is 26.7 Å². The zero-order chi connectivity index (χ0) is 14.2. The lowest BCUT2D eigenvalue weighted by Crippen LogP contribution is -2.64. The van der Waals surface area contributed by atoms with Crippen LogP contribution in [0.25, 0.3) is 0 Å². The molecule has 3 rings (SSSR count). The lowest BCUT2D eigenvalue weighted by molar-refractivity contribution is -0.148. The second kappa shape index (κ2) is 8.18. The molecule has 0 radical (unpaired) electrons. The van der Waals surface area contributed by atoms with Gasteiger partial charge in [0.05, 0.1) is 5.54 Å². The van der Waals surface area contributed by atoms with Crippen molar-refractivity contribution in [2.45, 2.75) is 62.9 Å². The Balaban J connectivity index is 0.00000121. The normalized spacial score (nSPS) is 31.5. The van der Waals surface area contributed by atoms with E-state index >= 15 is 0 Å². The molecular weight excluding hydrogens is 321 g/mol. The number of carbonyl (C=O) groups excluding carboxylic acids is 1. The summed E-state index contributed by atoms with van der Waals surface area (Å²) in [5.41, 5.74) is 6.14. The average Bonchev–Trinajstić information content (AvgIpc) is 2.86. The molecule has 2 N–H and O–H groups in total. The zero-order valence-corrected chi connectivity index (χ0v) is 15.3. The standard InChI is InChI=1S/C16H29N3O.2ClH/c1-18-9-10-19(15(20)13-5-6-14(17)11-13)16(12-18)7-3-2-4-8-16;;/h13-14H,2-12,17H2,1H3;2*1H. The molecule has 0 aromatic carbocycles. The minimum atomic E-state index is 0. The molecule has 130 valence electrons. The van der Waals surface area contributed by atoms with Gasteiger partial charge in [-0.25, -0.2) is 0 Å². The van der Waals surface area contributed by atoms with Crippen LogP contribution < -0.4 is 5.73 Å². The van der Waals surface area contributed by atoms with E-state index in [2.05, 4.69) is 16.8 Å². The molecule has 3 fully saturated rings. The van der Waals surface area contributed by atoms with Crippen molar-refractivity contribution in [3.63, 3.8) is 0 Å². The van der Waals surface area contributed by atoms with Gasteiger partial charge < -0.3 is 15.5 Å². The third-order valence-corrected chi connectivity index (χ3v) is 5.71. The Labute approximate surface area is 147 Å². The van der Waals surface area contributed by atoms with Crippen LogP contribution in [-0.2, 0) is 4.79 Å². The fraction of sp³-hybridized carbons (Fsp3) is 0.938. The molecule has 0 aromatic rings. The number of rotatable bonds is 1. The molecule has 4 nitrogen and oxygen atoms in total. The molecule has 6 heteroatoms. The number of nitrogens with two attached hydrogens (primary N) is 1. The van der Waals surface area contributed by atoms with Crippen LogP contribution in [0, 0.1) is 5.92 Å². The summed E-state index contributed by atoms with van der Waals surface area (Å²) < 4.78 is 0. The molecule has 1 heterocycles. The zero-order valence-electron chi connectivity index (χ0n) is 13.6. The van der Waals surface area contributed by atoms with Gasteiger partial charge in [-0.2, -0.15) is 0 Å². The number of carbonyl (C=O) groups is 1. The predicted molar refractivity (Wildman–Crippen MR) is 94.8 cm³/mol. The molecule has 0 bridgehead atoms. The van der Waals surface area contributed by atoms with Gasteiger partial charge in [0.1, 0.15) is 0 Å². The third-order valence-electron chi connectivity index (χ3n) is 5.71. The Morgan fingerprint density at radius 2 is 1.77 bits per heavy atom. The minimum Gasteiger partial charge on any atom is -0.334 e. The number of amides is 1. The summed E-state index contributed by atoms with van der Waals surface area (Å²) in [6.45, 7) is 3.00. The van der Waals surface area contributed by atoms with E-state index in [0.29, 0.717) is 5.91 Å². The van der Waals surface area contributed by atoms with Crippen molar-refractivity contribution in [3.8, 4) is 0 Å². The second-order valence-electron chi connectivity index (χ2n) is 7.28. The topological polar surface area (TPSA) is 49.6 Å². The first-order chi connectivity index (χ1) is 9.61. The third kappa shape index (κ3) is 3.89. The summed E-state index contributed by atoms with van der Waals surface area (Å²) in [7, 11) is 2.20. The first-order valence-electron chi connectivity index (χ1n) is 8.36. The van der Waals surface area contributed by atoms with Crippen molar-refractivity contribution in [3.05, 3.63) is 0 Å². The van der Waals surface area contributed by atoms with Gasteiger partial charge in [0.15, 0.2) is 0 Å². The Morgan fingerprint density at radius 1 is 1.09 bits per heavy atom. The van der Waals surface area contributed by atoms with E-state index in [1.807, 2.05) is 0 Å². The van der Waals surface area contributed by atoms with Crippen LogP contribution in [0.3, 0.4) is 0 Å². The molecule has 0 aromatic heterocycles. The molecule has 1 aliphatic heterocycles. The van der Waals surface area contributed by atoms with Gasteiger partial charge in [0.25, 0.3) is 0 Å². The summed E-state index contributed by atoms with van der Waals surface area (Å²) in [5, 5.41) is 0. The van der Waals surface area contributed by atoms with E-state index < -0.39 is 0 Å². The Kier molecular flexibility index (Phi) is 7.44. The van der Waals surface area contributed by atoms with Crippen LogP contribution in [0.1, 0.15) is 51.4 Å². The van der Waals surface area contributed by atoms with E-state index in [4.69, 9.17) is 5.73 Å². The highest BCUT2D eigenvalue weighted by Gasteiger charge is 2.45. The summed E-state index contributed by atoms with van der Waals surface area (Å²) >= 11 is 0. The van der Waals surface area contributed by atoms with Gasteiger partial charge in [-0.1, -0.05) is 19.3 Å². The fourth-order valence-electron chi connectivity index (χ4n) is 4.62. The second-order valence-corrected chi connectivity index (χ2v) is 7.28. The van der Waals surface area contributed by atoms with Gasteiger partial charge in [0, 0.05) is 31.6 Å². The van der Waals surface area contributed by atoms with E-state index in [1.54, 1.807) is 0 Å². The van der Waals surface area contributed by atoms with Gasteiger partial charge in [-0.3, -0.25) is 4.79 Å². The monoisotopic (exact) mass is 351 g/mol. The lowest BCUT2D eigenvalue weighted by atomic mass is 9.78. The molecule has 2 aliphatic carbocycles. The first kappa shape index (κ1) is 20.0. The van der Waals surface area contributed by atoms with Crippen LogP contribution in [0.4, 0.5) is 0 Å². The summed E-state index contributed by atoms with van der Waals surface area (Å²) in [6, 6.07) is 0.249. The van der Waals surface area contributed by atoms with Crippen LogP contribution in [0.2, 0.25) is 0 Å². The highest BCUT2D eigenvalue weighted by molar-refractivity contribution is 5.85. The van der Waals surface area contributed by atoms with Crippen LogP contribution >= 0.6 is 24.8 Å². The van der Waals surface area contributed by atoms with E-state index in [0.717, 1.165) is 38.9 Å². The summed E-state index contributed by atoms with van der Waals surface area (Å²) in [4.78, 5) is 17.7. The minimum absolute atomic E-state index is 0. The van der Waals surface area contributed by atoms with Crippen LogP contribution in [0.15, 0.2) is 0 Å². The SMILES string of the molecule is CN1CCN(C(=O)C2CCC(N)C2)C2(CCCCC2)C1.Cl.Cl. The van der Waals surface area contributed by atoms with Crippen LogP contribution in [0.5, 0.6) is 0 Å². The van der Waals surface area contributed by atoms with Crippen LogP contribution in [-0.4, -0.2) is 54.0 Å². The Morgan fingerprint density at radius 3 is 2.36 bits per heavy atom.